The minimum absolute atomic E-state index is 0.394. The monoisotopic (exact) mass is 290 g/mol. The van der Waals surface area contributed by atoms with Crippen LogP contribution in [0.4, 0.5) is 13.2 Å². The predicted octanol–water partition coefficient (Wildman–Crippen LogP) is 2.92. The van der Waals surface area contributed by atoms with E-state index in [9.17, 15) is 13.2 Å². The molecule has 0 aliphatic rings. The molecule has 0 amide bonds. The summed E-state index contributed by atoms with van der Waals surface area (Å²) >= 11 is 0. The topological polar surface area (TPSA) is 67.8 Å². The van der Waals surface area contributed by atoms with Crippen molar-refractivity contribution in [2.45, 2.75) is 26.9 Å². The molecule has 0 radical (unpaired) electrons. The van der Waals surface area contributed by atoms with Crippen LogP contribution in [0.25, 0.3) is 0 Å². The standard InChI is InChI=1S/C13H17F3N2O2/c1-7-4-5-8(2)11(9(7)3)20-6-10(12(17)18-19)13(14,15)16/h4-5,10,19H,6H2,1-3H3,(H2,17,18). The van der Waals surface area contributed by atoms with Crippen LogP contribution < -0.4 is 10.5 Å². The lowest BCUT2D eigenvalue weighted by Gasteiger charge is -2.21. The summed E-state index contributed by atoms with van der Waals surface area (Å²) in [6.07, 6.45) is -4.64. The number of nitrogens with zero attached hydrogens (tertiary/aromatic N) is 1. The normalized spacial score (nSPS) is 14.2. The molecule has 0 spiro atoms. The third-order valence-electron chi connectivity index (χ3n) is 3.14. The number of halogens is 3. The quantitative estimate of drug-likeness (QED) is 0.388. The molecule has 0 aliphatic heterocycles. The summed E-state index contributed by atoms with van der Waals surface area (Å²) in [4.78, 5) is 0. The highest BCUT2D eigenvalue weighted by atomic mass is 19.4. The van der Waals surface area contributed by atoms with E-state index in [1.807, 2.05) is 13.0 Å². The zero-order valence-electron chi connectivity index (χ0n) is 11.5. The van der Waals surface area contributed by atoms with Crippen LogP contribution in [-0.4, -0.2) is 23.8 Å². The summed E-state index contributed by atoms with van der Waals surface area (Å²) in [5, 5.41) is 10.9. The summed E-state index contributed by atoms with van der Waals surface area (Å²) in [5.74, 6) is -2.67. The Hall–Kier alpha value is -1.92. The molecule has 0 saturated heterocycles. The van der Waals surface area contributed by atoms with E-state index in [2.05, 4.69) is 5.16 Å². The van der Waals surface area contributed by atoms with E-state index >= 15 is 0 Å². The summed E-state index contributed by atoms with van der Waals surface area (Å²) < 4.78 is 43.6. The maximum Gasteiger partial charge on any atom is 0.402 e. The molecule has 1 atom stereocenters. The van der Waals surface area contributed by atoms with Gasteiger partial charge < -0.3 is 15.7 Å². The van der Waals surface area contributed by atoms with Gasteiger partial charge in [-0.3, -0.25) is 0 Å². The number of aryl methyl sites for hydroxylation is 2. The highest BCUT2D eigenvalue weighted by molar-refractivity contribution is 5.83. The zero-order chi connectivity index (χ0) is 15.5. The molecule has 1 aromatic rings. The molecular weight excluding hydrogens is 273 g/mol. The molecule has 0 aliphatic carbocycles. The van der Waals surface area contributed by atoms with E-state index in [1.165, 1.54) is 0 Å². The Morgan fingerprint density at radius 1 is 1.30 bits per heavy atom. The fourth-order valence-corrected chi connectivity index (χ4v) is 1.73. The first-order chi connectivity index (χ1) is 9.18. The van der Waals surface area contributed by atoms with Crippen LogP contribution in [0.5, 0.6) is 5.75 Å². The van der Waals surface area contributed by atoms with Crippen LogP contribution in [0.1, 0.15) is 16.7 Å². The number of hydrogen-bond donors (Lipinski definition) is 2. The van der Waals surface area contributed by atoms with Gasteiger partial charge in [0.05, 0.1) is 0 Å². The van der Waals surface area contributed by atoms with Crippen molar-refractivity contribution in [3.8, 4) is 5.75 Å². The van der Waals surface area contributed by atoms with Gasteiger partial charge in [0, 0.05) is 0 Å². The lowest BCUT2D eigenvalue weighted by Crippen LogP contribution is -2.40. The molecule has 0 heterocycles. The third-order valence-corrected chi connectivity index (χ3v) is 3.14. The Morgan fingerprint density at radius 3 is 2.35 bits per heavy atom. The predicted molar refractivity (Wildman–Crippen MR) is 69.1 cm³/mol. The number of benzene rings is 1. The van der Waals surface area contributed by atoms with Gasteiger partial charge in [-0.2, -0.15) is 13.2 Å². The van der Waals surface area contributed by atoms with Crippen LogP contribution in [0.2, 0.25) is 0 Å². The van der Waals surface area contributed by atoms with Gasteiger partial charge in [0.15, 0.2) is 5.84 Å². The van der Waals surface area contributed by atoms with Gasteiger partial charge in [0.1, 0.15) is 18.3 Å². The number of hydrogen-bond acceptors (Lipinski definition) is 3. The molecule has 0 fully saturated rings. The minimum atomic E-state index is -4.64. The number of amidine groups is 1. The van der Waals surface area contributed by atoms with Gasteiger partial charge in [-0.05, 0) is 37.5 Å². The number of nitrogens with two attached hydrogens (primary N) is 1. The van der Waals surface area contributed by atoms with Crippen LogP contribution in [0.3, 0.4) is 0 Å². The second kappa shape index (κ2) is 6.02. The molecule has 0 saturated carbocycles. The van der Waals surface area contributed by atoms with Crippen molar-refractivity contribution in [1.29, 1.82) is 0 Å². The zero-order valence-corrected chi connectivity index (χ0v) is 11.5. The molecule has 7 heteroatoms. The van der Waals surface area contributed by atoms with Crippen LogP contribution in [-0.2, 0) is 0 Å². The lowest BCUT2D eigenvalue weighted by molar-refractivity contribution is -0.162. The molecule has 1 unspecified atom stereocenters. The van der Waals surface area contributed by atoms with Gasteiger partial charge in [-0.25, -0.2) is 0 Å². The number of rotatable bonds is 4. The fraction of sp³-hybridized carbons (Fsp3) is 0.462. The molecule has 112 valence electrons. The SMILES string of the molecule is Cc1ccc(C)c(OCC(/C(N)=N/O)C(F)(F)F)c1C. The van der Waals surface area contributed by atoms with Crippen LogP contribution >= 0.6 is 0 Å². The Labute approximate surface area is 115 Å². The Bertz CT molecular complexity index is 513. The maximum atomic E-state index is 12.8. The van der Waals surface area contributed by atoms with Crippen LogP contribution in [0, 0.1) is 26.7 Å². The molecule has 0 bridgehead atoms. The smallest absolute Gasteiger partial charge is 0.402 e. The van der Waals surface area contributed by atoms with Gasteiger partial charge >= 0.3 is 6.18 Å². The Morgan fingerprint density at radius 2 is 1.85 bits per heavy atom. The molecule has 1 aromatic carbocycles. The highest BCUT2D eigenvalue weighted by Gasteiger charge is 2.43. The van der Waals surface area contributed by atoms with E-state index in [-0.39, 0.29) is 0 Å². The minimum Gasteiger partial charge on any atom is -0.492 e. The van der Waals surface area contributed by atoms with Crippen molar-refractivity contribution in [2.75, 3.05) is 6.61 Å². The van der Waals surface area contributed by atoms with Crippen molar-refractivity contribution < 1.29 is 23.1 Å². The summed E-state index contributed by atoms with van der Waals surface area (Å²) in [7, 11) is 0. The fourth-order valence-electron chi connectivity index (χ4n) is 1.73. The average Bonchev–Trinajstić information content (AvgIpc) is 2.36. The molecule has 20 heavy (non-hydrogen) atoms. The van der Waals surface area contributed by atoms with E-state index in [4.69, 9.17) is 15.7 Å². The summed E-state index contributed by atoms with van der Waals surface area (Å²) in [6.45, 7) is 4.62. The van der Waals surface area contributed by atoms with E-state index in [0.717, 1.165) is 16.7 Å². The van der Waals surface area contributed by atoms with Crippen LogP contribution in [0.15, 0.2) is 17.3 Å². The van der Waals surface area contributed by atoms with Crippen molar-refractivity contribution in [1.82, 2.24) is 0 Å². The van der Waals surface area contributed by atoms with Crippen molar-refractivity contribution >= 4 is 5.84 Å². The first kappa shape index (κ1) is 16.1. The van der Waals surface area contributed by atoms with Gasteiger partial charge in [-0.1, -0.05) is 17.3 Å². The molecule has 3 N–H and O–H groups in total. The molecular formula is C13H17F3N2O2. The Balaban J connectivity index is 2.97. The number of ether oxygens (including phenoxy) is 1. The largest absolute Gasteiger partial charge is 0.492 e. The van der Waals surface area contributed by atoms with E-state index in [0.29, 0.717) is 5.75 Å². The second-order valence-corrected chi connectivity index (χ2v) is 4.58. The number of alkyl halides is 3. The molecule has 0 aromatic heterocycles. The lowest BCUT2D eigenvalue weighted by atomic mass is 10.0. The molecule has 1 rings (SSSR count). The van der Waals surface area contributed by atoms with Gasteiger partial charge in [-0.15, -0.1) is 0 Å². The maximum absolute atomic E-state index is 12.8. The summed E-state index contributed by atoms with van der Waals surface area (Å²) in [5.41, 5.74) is 7.49. The first-order valence-electron chi connectivity index (χ1n) is 5.92. The van der Waals surface area contributed by atoms with E-state index in [1.54, 1.807) is 19.9 Å². The average molecular weight is 290 g/mol. The van der Waals surface area contributed by atoms with Crippen molar-refractivity contribution in [2.24, 2.45) is 16.8 Å². The Kier molecular flexibility index (Phi) is 4.86. The third kappa shape index (κ3) is 3.55. The van der Waals surface area contributed by atoms with E-state index < -0.39 is 24.5 Å². The van der Waals surface area contributed by atoms with Crippen molar-refractivity contribution in [3.05, 3.63) is 28.8 Å². The van der Waals surface area contributed by atoms with Gasteiger partial charge in [0.2, 0.25) is 0 Å². The summed E-state index contributed by atoms with van der Waals surface area (Å²) in [6, 6.07) is 3.63. The second-order valence-electron chi connectivity index (χ2n) is 4.58. The first-order valence-corrected chi connectivity index (χ1v) is 5.92. The highest BCUT2D eigenvalue weighted by Crippen LogP contribution is 2.30. The molecule has 4 nitrogen and oxygen atoms in total. The number of oxime groups is 1. The van der Waals surface area contributed by atoms with Crippen molar-refractivity contribution in [3.63, 3.8) is 0 Å². The van der Waals surface area contributed by atoms with Gasteiger partial charge in [0.25, 0.3) is 0 Å².